The van der Waals surface area contributed by atoms with Crippen molar-refractivity contribution >= 4 is 17.5 Å². The molecule has 0 aliphatic rings. The molecular formula is C22H27N5. The smallest absolute Gasteiger partial charge is 0.229 e. The molecule has 0 unspecified atom stereocenters. The summed E-state index contributed by atoms with van der Waals surface area (Å²) >= 11 is 0. The Hall–Kier alpha value is -2.92. The number of hydrogen-bond acceptors (Lipinski definition) is 5. The van der Waals surface area contributed by atoms with Crippen LogP contribution in [0.25, 0.3) is 11.3 Å². The fourth-order valence-electron chi connectivity index (χ4n) is 2.73. The summed E-state index contributed by atoms with van der Waals surface area (Å²) in [5, 5.41) is 6.75. The maximum Gasteiger partial charge on any atom is 0.229 e. The van der Waals surface area contributed by atoms with Crippen LogP contribution in [0.1, 0.15) is 12.0 Å². The highest BCUT2D eigenvalue weighted by atomic mass is 15.1. The summed E-state index contributed by atoms with van der Waals surface area (Å²) in [6.45, 7) is 3.98. The van der Waals surface area contributed by atoms with E-state index in [9.17, 15) is 0 Å². The molecule has 0 spiro atoms. The Balaban J connectivity index is 1.82. The lowest BCUT2D eigenvalue weighted by Gasteiger charge is -2.13. The lowest BCUT2D eigenvalue weighted by atomic mass is 10.1. The van der Waals surface area contributed by atoms with Crippen LogP contribution in [0.5, 0.6) is 0 Å². The van der Waals surface area contributed by atoms with Crippen LogP contribution >= 0.6 is 0 Å². The van der Waals surface area contributed by atoms with Gasteiger partial charge in [-0.15, -0.1) is 0 Å². The number of nitrogens with zero attached hydrogens (tertiary/aromatic N) is 3. The minimum absolute atomic E-state index is 0.593. The summed E-state index contributed by atoms with van der Waals surface area (Å²) in [6.07, 6.45) is 1.05. The van der Waals surface area contributed by atoms with Gasteiger partial charge in [-0.3, -0.25) is 0 Å². The summed E-state index contributed by atoms with van der Waals surface area (Å²) in [4.78, 5) is 11.5. The third-order valence-corrected chi connectivity index (χ3v) is 4.19. The second-order valence-electron chi connectivity index (χ2n) is 6.90. The van der Waals surface area contributed by atoms with Crippen LogP contribution in [-0.2, 0) is 0 Å². The molecule has 140 valence electrons. The number of rotatable bonds is 8. The van der Waals surface area contributed by atoms with Crippen molar-refractivity contribution in [3.63, 3.8) is 0 Å². The SMILES string of the molecule is Cc1ccc(Nc2nc(NCCCN(C)C)cc(-c3ccccc3)n2)cc1. The van der Waals surface area contributed by atoms with Crippen LogP contribution in [0.15, 0.2) is 60.7 Å². The first-order valence-corrected chi connectivity index (χ1v) is 9.27. The largest absolute Gasteiger partial charge is 0.370 e. The van der Waals surface area contributed by atoms with Gasteiger partial charge in [0.1, 0.15) is 5.82 Å². The van der Waals surface area contributed by atoms with E-state index in [1.807, 2.05) is 36.4 Å². The molecule has 0 bridgehead atoms. The Labute approximate surface area is 161 Å². The molecule has 1 aromatic heterocycles. The van der Waals surface area contributed by atoms with Crippen LogP contribution in [0.2, 0.25) is 0 Å². The zero-order chi connectivity index (χ0) is 19.1. The predicted octanol–water partition coefficient (Wildman–Crippen LogP) is 4.56. The summed E-state index contributed by atoms with van der Waals surface area (Å²) in [6, 6.07) is 20.4. The van der Waals surface area contributed by atoms with E-state index < -0.39 is 0 Å². The number of benzene rings is 2. The predicted molar refractivity (Wildman–Crippen MR) is 114 cm³/mol. The molecule has 0 aliphatic carbocycles. The van der Waals surface area contributed by atoms with Gasteiger partial charge in [0, 0.05) is 23.9 Å². The topological polar surface area (TPSA) is 53.1 Å². The second kappa shape index (κ2) is 9.14. The van der Waals surface area contributed by atoms with Crippen molar-refractivity contribution in [3.8, 4) is 11.3 Å². The highest BCUT2D eigenvalue weighted by Crippen LogP contribution is 2.23. The molecule has 3 rings (SSSR count). The second-order valence-corrected chi connectivity index (χ2v) is 6.90. The van der Waals surface area contributed by atoms with E-state index in [0.717, 1.165) is 42.3 Å². The number of anilines is 3. The molecule has 0 atom stereocenters. The van der Waals surface area contributed by atoms with Crippen molar-refractivity contribution in [1.29, 1.82) is 0 Å². The van der Waals surface area contributed by atoms with Gasteiger partial charge < -0.3 is 15.5 Å². The molecule has 5 nitrogen and oxygen atoms in total. The zero-order valence-corrected chi connectivity index (χ0v) is 16.2. The van der Waals surface area contributed by atoms with Crippen LogP contribution in [0.4, 0.5) is 17.5 Å². The normalized spacial score (nSPS) is 10.8. The van der Waals surface area contributed by atoms with E-state index >= 15 is 0 Å². The average Bonchev–Trinajstić information content (AvgIpc) is 2.67. The minimum Gasteiger partial charge on any atom is -0.370 e. The molecule has 0 saturated carbocycles. The number of aromatic nitrogens is 2. The Bertz CT molecular complexity index is 844. The summed E-state index contributed by atoms with van der Waals surface area (Å²) in [7, 11) is 4.17. The van der Waals surface area contributed by atoms with Gasteiger partial charge in [0.25, 0.3) is 0 Å². The molecule has 0 saturated heterocycles. The van der Waals surface area contributed by atoms with Crippen LogP contribution < -0.4 is 10.6 Å². The van der Waals surface area contributed by atoms with Crippen LogP contribution in [0.3, 0.4) is 0 Å². The first kappa shape index (κ1) is 18.9. The fraction of sp³-hybridized carbons (Fsp3) is 0.273. The van der Waals surface area contributed by atoms with Gasteiger partial charge >= 0.3 is 0 Å². The van der Waals surface area contributed by atoms with Gasteiger partial charge in [0.05, 0.1) is 5.69 Å². The molecule has 0 radical (unpaired) electrons. The van der Waals surface area contributed by atoms with E-state index in [4.69, 9.17) is 4.98 Å². The Morgan fingerprint density at radius 1 is 0.926 bits per heavy atom. The molecule has 2 N–H and O–H groups in total. The van der Waals surface area contributed by atoms with Gasteiger partial charge in [-0.25, -0.2) is 4.98 Å². The Morgan fingerprint density at radius 3 is 2.37 bits per heavy atom. The molecule has 0 amide bonds. The number of aryl methyl sites for hydroxylation is 1. The van der Waals surface area contributed by atoms with Gasteiger partial charge in [-0.05, 0) is 46.1 Å². The third kappa shape index (κ3) is 5.79. The molecule has 3 aromatic rings. The van der Waals surface area contributed by atoms with Crippen molar-refractivity contribution in [2.24, 2.45) is 0 Å². The van der Waals surface area contributed by atoms with Gasteiger partial charge in [-0.2, -0.15) is 4.98 Å². The molecular weight excluding hydrogens is 334 g/mol. The first-order chi connectivity index (χ1) is 13.1. The van der Waals surface area contributed by atoms with Crippen molar-refractivity contribution in [2.75, 3.05) is 37.8 Å². The summed E-state index contributed by atoms with van der Waals surface area (Å²) in [5.74, 6) is 1.42. The fourth-order valence-corrected chi connectivity index (χ4v) is 2.73. The maximum absolute atomic E-state index is 4.71. The van der Waals surface area contributed by atoms with Gasteiger partial charge in [-0.1, -0.05) is 48.0 Å². The standard InChI is InChI=1S/C22H27N5/c1-17-10-12-19(13-11-17)24-22-25-20(18-8-5-4-6-9-18)16-21(26-22)23-14-7-15-27(2)3/h4-6,8-13,16H,7,14-15H2,1-3H3,(H2,23,24,25,26). The maximum atomic E-state index is 4.71. The van der Waals surface area contributed by atoms with E-state index in [1.54, 1.807) is 0 Å². The first-order valence-electron chi connectivity index (χ1n) is 9.27. The van der Waals surface area contributed by atoms with E-state index in [-0.39, 0.29) is 0 Å². The van der Waals surface area contributed by atoms with Crippen LogP contribution in [-0.4, -0.2) is 42.1 Å². The van der Waals surface area contributed by atoms with Crippen molar-refractivity contribution in [3.05, 3.63) is 66.2 Å². The number of nitrogens with one attached hydrogen (secondary N) is 2. The summed E-state index contributed by atoms with van der Waals surface area (Å²) < 4.78 is 0. The molecule has 1 heterocycles. The number of hydrogen-bond donors (Lipinski definition) is 2. The van der Waals surface area contributed by atoms with E-state index in [0.29, 0.717) is 5.95 Å². The van der Waals surface area contributed by atoms with Crippen molar-refractivity contribution in [2.45, 2.75) is 13.3 Å². The molecule has 27 heavy (non-hydrogen) atoms. The monoisotopic (exact) mass is 361 g/mol. The van der Waals surface area contributed by atoms with Crippen molar-refractivity contribution < 1.29 is 0 Å². The molecule has 2 aromatic carbocycles. The quantitative estimate of drug-likeness (QED) is 0.576. The highest BCUT2D eigenvalue weighted by Gasteiger charge is 2.07. The lowest BCUT2D eigenvalue weighted by Crippen LogP contribution is -2.16. The minimum atomic E-state index is 0.593. The zero-order valence-electron chi connectivity index (χ0n) is 16.2. The van der Waals surface area contributed by atoms with Gasteiger partial charge in [0.2, 0.25) is 5.95 Å². The summed E-state index contributed by atoms with van der Waals surface area (Å²) in [5.41, 5.74) is 4.17. The van der Waals surface area contributed by atoms with E-state index in [1.165, 1.54) is 5.56 Å². The lowest BCUT2D eigenvalue weighted by molar-refractivity contribution is 0.405. The van der Waals surface area contributed by atoms with Gasteiger partial charge in [0.15, 0.2) is 0 Å². The molecule has 0 fully saturated rings. The average molecular weight is 361 g/mol. The highest BCUT2D eigenvalue weighted by molar-refractivity contribution is 5.66. The van der Waals surface area contributed by atoms with E-state index in [2.05, 4.69) is 65.8 Å². The molecule has 5 heteroatoms. The third-order valence-electron chi connectivity index (χ3n) is 4.19. The van der Waals surface area contributed by atoms with Crippen LogP contribution in [0, 0.1) is 6.92 Å². The Morgan fingerprint density at radius 2 is 1.67 bits per heavy atom. The molecule has 0 aliphatic heterocycles. The Kier molecular flexibility index (Phi) is 6.39. The van der Waals surface area contributed by atoms with Crippen molar-refractivity contribution in [1.82, 2.24) is 14.9 Å².